The zero-order valence-corrected chi connectivity index (χ0v) is 55.7. The summed E-state index contributed by atoms with van der Waals surface area (Å²) in [5.74, 6) is 1.74. The molecule has 1 aliphatic heterocycles. The van der Waals surface area contributed by atoms with Crippen LogP contribution in [0.25, 0.3) is 133 Å². The van der Waals surface area contributed by atoms with Crippen LogP contribution in [-0.2, 0) is 37.3 Å². The van der Waals surface area contributed by atoms with Crippen molar-refractivity contribution in [1.82, 2.24) is 18.7 Å². The molecule has 0 spiro atoms. The number of pyridine rings is 1. The van der Waals surface area contributed by atoms with Gasteiger partial charge in [-0.3, -0.25) is 4.57 Å². The molecule has 0 amide bonds. The molecular formula is C86H71N5OPt-2. The number of aromatic nitrogens is 5. The third-order valence-electron chi connectivity index (χ3n) is 18.6. The van der Waals surface area contributed by atoms with Crippen LogP contribution in [-0.4, -0.2) is 18.7 Å². The van der Waals surface area contributed by atoms with E-state index in [0.29, 0.717) is 22.7 Å². The molecule has 0 saturated heterocycles. The van der Waals surface area contributed by atoms with E-state index in [1.165, 1.54) is 5.56 Å². The van der Waals surface area contributed by atoms with Gasteiger partial charge in [0.25, 0.3) is 6.33 Å². The van der Waals surface area contributed by atoms with Crippen LogP contribution < -0.4 is 9.30 Å². The van der Waals surface area contributed by atoms with Gasteiger partial charge in [0.2, 0.25) is 0 Å². The Morgan fingerprint density at radius 1 is 0.430 bits per heavy atom. The fourth-order valence-electron chi connectivity index (χ4n) is 13.9. The molecule has 0 N–H and O–H groups in total. The first-order valence-corrected chi connectivity index (χ1v) is 31.6. The van der Waals surface area contributed by atoms with Crippen molar-refractivity contribution in [3.63, 3.8) is 0 Å². The summed E-state index contributed by atoms with van der Waals surface area (Å²) in [7, 11) is 0. The van der Waals surface area contributed by atoms with E-state index in [0.717, 1.165) is 127 Å². The molecule has 1 aliphatic rings. The molecule has 16 rings (SSSR count). The smallest absolute Gasteiger partial charge is 0.268 e. The number of aryl methyl sites for hydroxylation is 2. The molecule has 93 heavy (non-hydrogen) atoms. The summed E-state index contributed by atoms with van der Waals surface area (Å²) in [5.41, 5.74) is 18.0. The summed E-state index contributed by atoms with van der Waals surface area (Å²) < 4.78 is 70.2. The molecule has 458 valence electrons. The quantitative estimate of drug-likeness (QED) is 0.118. The van der Waals surface area contributed by atoms with Gasteiger partial charge in [0.05, 0.1) is 27.8 Å². The number of benzene rings is 11. The molecule has 7 heteroatoms. The third-order valence-corrected chi connectivity index (χ3v) is 18.6. The van der Waals surface area contributed by atoms with E-state index >= 15 is 0 Å². The predicted octanol–water partition coefficient (Wildman–Crippen LogP) is 21.8. The largest absolute Gasteiger partial charge is 0.510 e. The van der Waals surface area contributed by atoms with Gasteiger partial charge in [-0.1, -0.05) is 207 Å². The van der Waals surface area contributed by atoms with Crippen LogP contribution >= 0.6 is 0 Å². The van der Waals surface area contributed by atoms with Crippen LogP contribution in [0.1, 0.15) is 98.4 Å². The molecule has 11 aromatic carbocycles. The van der Waals surface area contributed by atoms with Gasteiger partial charge in [0, 0.05) is 69.0 Å². The van der Waals surface area contributed by atoms with Crippen LogP contribution in [0.3, 0.4) is 0 Å². The number of ether oxygens (including phenoxy) is 1. The summed E-state index contributed by atoms with van der Waals surface area (Å²) in [6.07, 6.45) is 5.93. The molecule has 0 bridgehead atoms. The van der Waals surface area contributed by atoms with Crippen molar-refractivity contribution in [2.24, 2.45) is 0 Å². The van der Waals surface area contributed by atoms with E-state index in [9.17, 15) is 0 Å². The number of hydrogen-bond acceptors (Lipinski definition) is 2. The Balaban J connectivity index is 0.00000798. The van der Waals surface area contributed by atoms with E-state index in [1.54, 1.807) is 18.2 Å². The average Bonchev–Trinajstić information content (AvgIpc) is 1.60. The second-order valence-electron chi connectivity index (χ2n) is 27.6. The van der Waals surface area contributed by atoms with Crippen molar-refractivity contribution >= 4 is 54.6 Å². The Morgan fingerprint density at radius 3 is 1.58 bits per heavy atom. The Hall–Kier alpha value is -9.87. The van der Waals surface area contributed by atoms with Crippen LogP contribution in [0.4, 0.5) is 0 Å². The van der Waals surface area contributed by atoms with Gasteiger partial charge in [0.1, 0.15) is 5.82 Å². The van der Waals surface area contributed by atoms with Crippen molar-refractivity contribution in [2.75, 3.05) is 0 Å². The Morgan fingerprint density at radius 2 is 0.968 bits per heavy atom. The summed E-state index contributed by atoms with van der Waals surface area (Å²) in [5, 5.41) is 4.35. The topological polar surface area (TPSA) is 40.8 Å². The van der Waals surface area contributed by atoms with Gasteiger partial charge in [-0.15, -0.1) is 29.7 Å². The van der Waals surface area contributed by atoms with Gasteiger partial charge >= 0.3 is 0 Å². The fraction of sp³-hybridized carbons (Fsp3) is 0.163. The van der Waals surface area contributed by atoms with Gasteiger partial charge in [-0.05, 0) is 179 Å². The summed E-state index contributed by atoms with van der Waals surface area (Å²) in [6.45, 7) is 14.6. The number of rotatable bonds is 7. The minimum Gasteiger partial charge on any atom is -0.510 e. The maximum absolute atomic E-state index is 9.07. The summed E-state index contributed by atoms with van der Waals surface area (Å²) in [6, 6.07) is 84.2. The van der Waals surface area contributed by atoms with Crippen LogP contribution in [0.2, 0.25) is 0 Å². The number of imidazole rings is 1. The monoisotopic (exact) mass is 1390 g/mol. The van der Waals surface area contributed by atoms with E-state index in [1.807, 2.05) is 48.7 Å². The van der Waals surface area contributed by atoms with E-state index in [-0.39, 0.29) is 54.0 Å². The Bertz CT molecular complexity index is 5670. The molecule has 15 aromatic rings. The van der Waals surface area contributed by atoms with Crippen molar-refractivity contribution in [2.45, 2.75) is 92.3 Å². The number of hydrogen-bond donors (Lipinski definition) is 0. The molecule has 5 heterocycles. The second kappa shape index (κ2) is 22.2. The molecule has 0 aliphatic carbocycles. The number of nitrogens with zero attached hydrogens (tertiary/aromatic N) is 5. The maximum Gasteiger partial charge on any atom is 0.268 e. The number of fused-ring (bicyclic) bond motifs is 13. The van der Waals surface area contributed by atoms with Gasteiger partial charge < -0.3 is 18.4 Å². The zero-order valence-electron chi connectivity index (χ0n) is 59.4. The van der Waals surface area contributed by atoms with E-state index < -0.39 is 13.7 Å². The first kappa shape index (κ1) is 52.7. The molecule has 0 fully saturated rings. The first-order chi connectivity index (χ1) is 46.8. The standard InChI is InChI=1S/C86H71N5O.Pt/c1-53-24-22-25-54(2)81(53)56-44-72(55-42-58(85(6,7)8)46-59(43-55)86(9,10)11)82-73(45-56)66-30-14-12-28-64(66)65-29-13-15-31-67(65)74-49-61(90-75-35-19-16-32-68(75)69-33-17-20-36-76(69)90)50-79-83(74)89(82)52-88(79)60-26-23-27-62(48-60)92-63-38-39-71-70-34-18-21-37-77(70)91(78(71)51-63)80-47-57(40-41-87-80)84(3,4)5;/h12-47,49-50H,1-11H3;/q-2;/i1D3,2D3;. The first-order valence-electron chi connectivity index (χ1n) is 34.6. The normalized spacial score (nSPS) is 13.6. The van der Waals surface area contributed by atoms with E-state index in [2.05, 4.69) is 263 Å². The maximum atomic E-state index is 9.07. The molecule has 4 aromatic heterocycles. The van der Waals surface area contributed by atoms with Crippen molar-refractivity contribution in [1.29, 1.82) is 0 Å². The minimum absolute atomic E-state index is 0. The van der Waals surface area contributed by atoms with Gasteiger partial charge in [-0.2, -0.15) is 18.2 Å². The SMILES string of the molecule is [2H]C([2H])([2H])c1cccc(C([2H])([2H])[2H])c1-c1cc(-c2cc(C(C)(C)C)cc(C(C)(C)C)c2)c2c(c1)-c1ccccc1-c1ccccc1-c1cc(-n3c4ccccc4c4ccccc43)cc3c1[n+]-2[c-]n3-c1[c-]c(Oc2[c-]c3c(cc2)c2ccccc2n3-c2cc(C(C)(C)C)ccn2)ccc1.[Pt]. The van der Waals surface area contributed by atoms with Crippen LogP contribution in [0.15, 0.2) is 231 Å². The van der Waals surface area contributed by atoms with Crippen molar-refractivity contribution < 1.29 is 38.6 Å². The Kier molecular flexibility index (Phi) is 12.6. The van der Waals surface area contributed by atoms with Gasteiger partial charge in [-0.25, -0.2) is 4.98 Å². The number of para-hydroxylation sites is 3. The molecule has 0 unspecified atom stereocenters. The van der Waals surface area contributed by atoms with Crippen LogP contribution in [0, 0.1) is 32.2 Å². The predicted molar refractivity (Wildman–Crippen MR) is 381 cm³/mol. The molecule has 6 nitrogen and oxygen atoms in total. The molecular weight excluding hydrogens is 1310 g/mol. The summed E-state index contributed by atoms with van der Waals surface area (Å²) in [4.78, 5) is 4.94. The average molecular weight is 1390 g/mol. The van der Waals surface area contributed by atoms with Crippen LogP contribution in [0.5, 0.6) is 11.5 Å². The molecule has 0 saturated carbocycles. The molecule has 0 atom stereocenters. The third kappa shape index (κ3) is 9.96. The van der Waals surface area contributed by atoms with E-state index in [4.69, 9.17) is 17.9 Å². The summed E-state index contributed by atoms with van der Waals surface area (Å²) >= 11 is 0. The second-order valence-corrected chi connectivity index (χ2v) is 27.6. The van der Waals surface area contributed by atoms with Crippen molar-refractivity contribution in [3.8, 4) is 90.0 Å². The molecule has 0 radical (unpaired) electrons. The van der Waals surface area contributed by atoms with Crippen molar-refractivity contribution in [3.05, 3.63) is 277 Å². The van der Waals surface area contributed by atoms with Gasteiger partial charge in [0.15, 0.2) is 0 Å². The fourth-order valence-corrected chi connectivity index (χ4v) is 13.9. The minimum atomic E-state index is -2.69. The zero-order chi connectivity index (χ0) is 68.1. The Labute approximate surface area is 567 Å².